The smallest absolute Gasteiger partial charge is 0.136 e. The molecular weight excluding hydrogens is 428 g/mol. The molecule has 0 aromatic carbocycles. The van der Waals surface area contributed by atoms with Crippen LogP contribution in [0.4, 0.5) is 0 Å². The molecule has 2 heteroatoms. The summed E-state index contributed by atoms with van der Waals surface area (Å²) in [6, 6.07) is 0. The third-order valence-corrected chi connectivity index (χ3v) is 11.6. The third-order valence-electron chi connectivity index (χ3n) is 11.6. The predicted octanol–water partition coefficient (Wildman–Crippen LogP) is 9.71. The molecule has 35 heavy (non-hydrogen) atoms. The molecule has 0 aromatic rings. The number of carbonyl (C=O) groups is 2. The lowest BCUT2D eigenvalue weighted by Crippen LogP contribution is -2.61. The van der Waals surface area contributed by atoms with Gasteiger partial charge in [-0.3, -0.25) is 9.59 Å². The Bertz CT molecular complexity index is 739. The van der Waals surface area contributed by atoms with Gasteiger partial charge < -0.3 is 0 Å². The summed E-state index contributed by atoms with van der Waals surface area (Å²) in [5.74, 6) is 4.94. The highest BCUT2D eigenvalue weighted by atomic mass is 16.1. The summed E-state index contributed by atoms with van der Waals surface area (Å²) in [6.45, 7) is 18.5. The molecule has 0 bridgehead atoms. The minimum Gasteiger partial charge on any atom is -0.299 e. The monoisotopic (exact) mass is 488 g/mol. The first kappa shape index (κ1) is 32.1. The van der Waals surface area contributed by atoms with E-state index >= 15 is 0 Å². The number of allylic oxidation sites excluding steroid dienone is 1. The van der Waals surface area contributed by atoms with E-state index in [4.69, 9.17) is 0 Å². The van der Waals surface area contributed by atoms with Gasteiger partial charge in [0.05, 0.1) is 0 Å². The molecular formula is C33H60O2. The van der Waals surface area contributed by atoms with Crippen LogP contribution in [0.1, 0.15) is 134 Å². The maximum absolute atomic E-state index is 12.7. The summed E-state index contributed by atoms with van der Waals surface area (Å²) in [6.07, 6.45) is 15.1. The Morgan fingerprint density at radius 1 is 0.886 bits per heavy atom. The highest BCUT2D eigenvalue weighted by Crippen LogP contribution is 2.71. The average Bonchev–Trinajstić information content (AvgIpc) is 3.24. The molecule has 204 valence electrons. The molecule has 2 nitrogen and oxygen atoms in total. The van der Waals surface area contributed by atoms with E-state index in [-0.39, 0.29) is 26.2 Å². The third kappa shape index (κ3) is 4.86. The van der Waals surface area contributed by atoms with Crippen LogP contribution in [0.5, 0.6) is 0 Å². The van der Waals surface area contributed by atoms with Gasteiger partial charge in [0, 0.05) is 17.8 Å². The van der Waals surface area contributed by atoms with Gasteiger partial charge in [-0.2, -0.15) is 0 Å². The van der Waals surface area contributed by atoms with Gasteiger partial charge in [0.15, 0.2) is 0 Å². The molecule has 0 aromatic heterocycles. The van der Waals surface area contributed by atoms with Crippen LogP contribution in [0.25, 0.3) is 0 Å². The van der Waals surface area contributed by atoms with Crippen LogP contribution in [0.3, 0.4) is 0 Å². The van der Waals surface area contributed by atoms with E-state index in [0.29, 0.717) is 34.2 Å². The molecule has 0 amide bonds. The summed E-state index contributed by atoms with van der Waals surface area (Å²) in [7, 11) is 0. The van der Waals surface area contributed by atoms with E-state index in [1.165, 1.54) is 44.9 Å². The van der Waals surface area contributed by atoms with E-state index in [1.807, 2.05) is 27.7 Å². The van der Waals surface area contributed by atoms with Crippen LogP contribution in [-0.4, -0.2) is 11.6 Å². The van der Waals surface area contributed by atoms with Crippen molar-refractivity contribution in [2.24, 2.45) is 51.8 Å². The fourth-order valence-electron chi connectivity index (χ4n) is 10.2. The number of hydrogen-bond acceptors (Lipinski definition) is 2. The van der Waals surface area contributed by atoms with Crippen LogP contribution in [0.15, 0.2) is 12.7 Å². The molecule has 5 rings (SSSR count). The normalized spacial score (nSPS) is 45.1. The zero-order chi connectivity index (χ0) is 24.6. The maximum atomic E-state index is 12.7. The van der Waals surface area contributed by atoms with Gasteiger partial charge >= 0.3 is 0 Å². The predicted molar refractivity (Wildman–Crippen MR) is 152 cm³/mol. The zero-order valence-electron chi connectivity index (χ0n) is 22.8. The van der Waals surface area contributed by atoms with Crippen LogP contribution in [0, 0.1) is 51.8 Å². The molecule has 0 N–H and O–H groups in total. The maximum Gasteiger partial charge on any atom is 0.136 e. The number of carbonyl (C=O) groups excluding carboxylic acids is 2. The largest absolute Gasteiger partial charge is 0.299 e. The molecule has 5 aliphatic carbocycles. The Balaban J connectivity index is 0.000000816. The van der Waals surface area contributed by atoms with Gasteiger partial charge in [0.1, 0.15) is 11.6 Å². The minimum atomic E-state index is 0. The first-order valence-corrected chi connectivity index (χ1v) is 14.3. The molecule has 5 saturated carbocycles. The first-order valence-electron chi connectivity index (χ1n) is 14.3. The standard InChI is InChI=1S/C26H40O2.C3H6.C2H6.2CH4/c1-16-19-9-13-25(4)20-10-15-26(17(2)27)12-5-6-21(26)18(20)7-8-23(25)24(19,3)14-11-22(16)28;1-3-2;1-2;;/h16,18-21,23H,5-15H2,1-4H3;3H,1H2,2H3;1-2H3;2*1H4. The molecule has 0 radical (unpaired) electrons. The Labute approximate surface area is 219 Å². The lowest BCUT2D eigenvalue weighted by Gasteiger charge is -2.67. The van der Waals surface area contributed by atoms with Crippen molar-refractivity contribution in [1.29, 1.82) is 0 Å². The number of hydrogen-bond donors (Lipinski definition) is 0. The first-order chi connectivity index (χ1) is 15.7. The Morgan fingerprint density at radius 3 is 2.06 bits per heavy atom. The van der Waals surface area contributed by atoms with Gasteiger partial charge in [0.25, 0.3) is 0 Å². The molecule has 9 unspecified atom stereocenters. The molecule has 0 saturated heterocycles. The van der Waals surface area contributed by atoms with Crippen molar-refractivity contribution >= 4 is 11.6 Å². The van der Waals surface area contributed by atoms with E-state index in [0.717, 1.165) is 43.4 Å². The second-order valence-corrected chi connectivity index (χ2v) is 12.5. The van der Waals surface area contributed by atoms with Crippen molar-refractivity contribution in [2.75, 3.05) is 0 Å². The summed E-state index contributed by atoms with van der Waals surface area (Å²) >= 11 is 0. The van der Waals surface area contributed by atoms with Gasteiger partial charge in [-0.1, -0.05) is 62.0 Å². The van der Waals surface area contributed by atoms with Crippen molar-refractivity contribution in [1.82, 2.24) is 0 Å². The molecule has 9 atom stereocenters. The van der Waals surface area contributed by atoms with Gasteiger partial charge in [-0.25, -0.2) is 0 Å². The lowest BCUT2D eigenvalue weighted by atomic mass is 9.37. The van der Waals surface area contributed by atoms with E-state index < -0.39 is 0 Å². The zero-order valence-corrected chi connectivity index (χ0v) is 22.8. The summed E-state index contributed by atoms with van der Waals surface area (Å²) in [5.41, 5.74) is 0.827. The molecule has 0 aliphatic heterocycles. The minimum absolute atomic E-state index is 0. The van der Waals surface area contributed by atoms with Gasteiger partial charge in [0.2, 0.25) is 0 Å². The second-order valence-electron chi connectivity index (χ2n) is 12.5. The molecule has 0 heterocycles. The summed E-state index contributed by atoms with van der Waals surface area (Å²) < 4.78 is 0. The number of ketones is 2. The number of rotatable bonds is 1. The van der Waals surface area contributed by atoms with Crippen LogP contribution in [-0.2, 0) is 9.59 Å². The fourth-order valence-corrected chi connectivity index (χ4v) is 10.2. The van der Waals surface area contributed by atoms with Crippen molar-refractivity contribution in [3.63, 3.8) is 0 Å². The molecule has 0 spiro atoms. The summed E-state index contributed by atoms with van der Waals surface area (Å²) in [5, 5.41) is 0. The lowest BCUT2D eigenvalue weighted by molar-refractivity contribution is -0.186. The highest BCUT2D eigenvalue weighted by molar-refractivity contribution is 5.83. The summed E-state index contributed by atoms with van der Waals surface area (Å²) in [4.78, 5) is 25.2. The van der Waals surface area contributed by atoms with Gasteiger partial charge in [-0.15, -0.1) is 6.58 Å². The van der Waals surface area contributed by atoms with E-state index in [2.05, 4.69) is 27.4 Å². The number of fused-ring (bicyclic) bond motifs is 7. The Morgan fingerprint density at radius 2 is 1.46 bits per heavy atom. The van der Waals surface area contributed by atoms with Crippen LogP contribution < -0.4 is 0 Å². The second kappa shape index (κ2) is 12.1. The average molecular weight is 489 g/mol. The Hall–Kier alpha value is -0.920. The fraction of sp³-hybridized carbons (Fsp3) is 0.879. The Kier molecular flexibility index (Phi) is 11.1. The SMILES string of the molecule is C.C.C=CC.CC.CC(=O)C12CCCC1C1CCC3C4(C)CCC(=O)C(C)C4CCC3(C)C1CC2. The van der Waals surface area contributed by atoms with Crippen molar-refractivity contribution in [3.8, 4) is 0 Å². The van der Waals surface area contributed by atoms with E-state index in [1.54, 1.807) is 6.08 Å². The quantitative estimate of drug-likeness (QED) is 0.344. The van der Waals surface area contributed by atoms with Crippen LogP contribution in [0.2, 0.25) is 0 Å². The number of Topliss-reactive ketones (excluding diaryl/α,β-unsaturated/α-hetero) is 2. The van der Waals surface area contributed by atoms with Crippen LogP contribution >= 0.6 is 0 Å². The highest BCUT2D eigenvalue weighted by Gasteiger charge is 2.65. The molecule has 5 fully saturated rings. The van der Waals surface area contributed by atoms with Gasteiger partial charge in [-0.05, 0) is 112 Å². The topological polar surface area (TPSA) is 34.1 Å². The van der Waals surface area contributed by atoms with Crippen molar-refractivity contribution < 1.29 is 9.59 Å². The van der Waals surface area contributed by atoms with Crippen molar-refractivity contribution in [2.45, 2.75) is 134 Å². The van der Waals surface area contributed by atoms with E-state index in [9.17, 15) is 9.59 Å². The van der Waals surface area contributed by atoms with Crippen molar-refractivity contribution in [3.05, 3.63) is 12.7 Å². The molecule has 5 aliphatic rings.